The maximum atomic E-state index is 12.5. The van der Waals surface area contributed by atoms with Crippen molar-refractivity contribution in [1.29, 1.82) is 0 Å². The van der Waals surface area contributed by atoms with Gasteiger partial charge in [0.05, 0.1) is 0 Å². The molecule has 9 nitrogen and oxygen atoms in total. The molecule has 0 spiro atoms. The number of likely N-dealkylation sites (N-methyl/N-ethyl adjacent to an activating group) is 1. The minimum absolute atomic E-state index is 0.118. The quantitative estimate of drug-likeness (QED) is 0.579. The third-order valence-corrected chi connectivity index (χ3v) is 7.28. The monoisotopic (exact) mass is 523 g/mol. The van der Waals surface area contributed by atoms with Crippen molar-refractivity contribution in [2.75, 3.05) is 44.8 Å². The van der Waals surface area contributed by atoms with Crippen molar-refractivity contribution < 1.29 is 19.1 Å². The smallest absolute Gasteiger partial charge is 0.408 e. The molecule has 0 aliphatic carbocycles. The maximum Gasteiger partial charge on any atom is 0.408 e. The van der Waals surface area contributed by atoms with Gasteiger partial charge in [-0.3, -0.25) is 4.79 Å². The van der Waals surface area contributed by atoms with Gasteiger partial charge in [0.1, 0.15) is 12.1 Å². The molecule has 4 rings (SSSR count). The van der Waals surface area contributed by atoms with Crippen LogP contribution in [0.2, 0.25) is 0 Å². The Morgan fingerprint density at radius 2 is 1.71 bits per heavy atom. The molecule has 2 fully saturated rings. The molecule has 2 saturated heterocycles. The Kier molecular flexibility index (Phi) is 9.20. The third kappa shape index (κ3) is 7.90. The molecule has 2 amide bonds. The van der Waals surface area contributed by atoms with Crippen LogP contribution < -0.4 is 10.2 Å². The van der Waals surface area contributed by atoms with Gasteiger partial charge in [0.25, 0.3) is 0 Å². The van der Waals surface area contributed by atoms with Crippen molar-refractivity contribution in [1.82, 2.24) is 20.2 Å². The molecule has 1 N–H and O–H groups in total. The summed E-state index contributed by atoms with van der Waals surface area (Å²) in [7, 11) is 1.72. The summed E-state index contributed by atoms with van der Waals surface area (Å²) in [6.07, 6.45) is 7.93. The van der Waals surface area contributed by atoms with Gasteiger partial charge in [-0.05, 0) is 75.5 Å². The Morgan fingerprint density at radius 1 is 1.05 bits per heavy atom. The molecular weight excluding hydrogens is 482 g/mol. The van der Waals surface area contributed by atoms with E-state index >= 15 is 0 Å². The molecule has 0 bridgehead atoms. The van der Waals surface area contributed by atoms with Gasteiger partial charge in [-0.1, -0.05) is 18.2 Å². The van der Waals surface area contributed by atoms with Crippen LogP contribution >= 0.6 is 0 Å². The maximum absolute atomic E-state index is 12.5. The molecule has 0 unspecified atom stereocenters. The minimum atomic E-state index is -0.608. The van der Waals surface area contributed by atoms with Crippen LogP contribution in [-0.2, 0) is 20.8 Å². The lowest BCUT2D eigenvalue weighted by Crippen LogP contribution is -2.40. The van der Waals surface area contributed by atoms with Crippen molar-refractivity contribution in [2.24, 2.45) is 11.8 Å². The fraction of sp³-hybridized carbons (Fsp3) is 0.586. The zero-order valence-corrected chi connectivity index (χ0v) is 23.1. The summed E-state index contributed by atoms with van der Waals surface area (Å²) in [5.41, 5.74) is 2.31. The fourth-order valence-corrected chi connectivity index (χ4v) is 5.20. The molecule has 2 aliphatic rings. The highest BCUT2D eigenvalue weighted by Gasteiger charge is 2.28. The molecule has 206 valence electrons. The van der Waals surface area contributed by atoms with Gasteiger partial charge >= 0.3 is 6.09 Å². The zero-order valence-electron chi connectivity index (χ0n) is 23.1. The van der Waals surface area contributed by atoms with Crippen LogP contribution in [0.25, 0.3) is 11.1 Å². The Morgan fingerprint density at radius 3 is 2.37 bits per heavy atom. The molecule has 2 aliphatic heterocycles. The number of piperidine rings is 1. The Balaban J connectivity index is 1.28. The number of anilines is 1. The Labute approximate surface area is 225 Å². The minimum Gasteiger partial charge on any atom is -0.444 e. The molecule has 2 aromatic rings. The first-order valence-electron chi connectivity index (χ1n) is 13.6. The third-order valence-electron chi connectivity index (χ3n) is 7.28. The number of alkyl carbamates (subject to hydrolysis) is 1. The van der Waals surface area contributed by atoms with Gasteiger partial charge in [-0.25, -0.2) is 14.8 Å². The standard InChI is InChI=1S/C29H41N5O4/c1-29(2,3)38-28(36)32-19-26(35)33(4)20-21-6-5-7-24(16-21)25-17-30-27(31-18-25)34-12-8-22(9-13-34)23-10-14-37-15-11-23/h5-7,16-18,22-23H,8-15,19-20H2,1-4H3,(H,32,36). The van der Waals surface area contributed by atoms with E-state index in [-0.39, 0.29) is 12.5 Å². The molecule has 0 atom stereocenters. The van der Waals surface area contributed by atoms with Gasteiger partial charge in [0.2, 0.25) is 11.9 Å². The lowest BCUT2D eigenvalue weighted by molar-refractivity contribution is -0.129. The van der Waals surface area contributed by atoms with Gasteiger partial charge < -0.3 is 24.6 Å². The first kappa shape index (κ1) is 27.8. The number of hydrogen-bond donors (Lipinski definition) is 1. The Bertz CT molecular complexity index is 1070. The summed E-state index contributed by atoms with van der Waals surface area (Å²) >= 11 is 0. The molecule has 3 heterocycles. The van der Waals surface area contributed by atoms with E-state index in [9.17, 15) is 9.59 Å². The molecule has 38 heavy (non-hydrogen) atoms. The molecule has 0 radical (unpaired) electrons. The average Bonchev–Trinajstić information content (AvgIpc) is 2.91. The highest BCUT2D eigenvalue weighted by Crippen LogP contribution is 2.32. The number of benzene rings is 1. The summed E-state index contributed by atoms with van der Waals surface area (Å²) in [5.74, 6) is 2.18. The van der Waals surface area contributed by atoms with Gasteiger partial charge in [-0.2, -0.15) is 0 Å². The topological polar surface area (TPSA) is 96.9 Å². The van der Waals surface area contributed by atoms with Crippen LogP contribution in [-0.4, -0.2) is 72.4 Å². The second-order valence-corrected chi connectivity index (χ2v) is 11.4. The number of hydrogen-bond acceptors (Lipinski definition) is 7. The average molecular weight is 524 g/mol. The van der Waals surface area contributed by atoms with E-state index in [1.54, 1.807) is 32.7 Å². The van der Waals surface area contributed by atoms with Crippen LogP contribution in [0, 0.1) is 11.8 Å². The SMILES string of the molecule is CN(Cc1cccc(-c2cnc(N3CCC(C4CCOCC4)CC3)nc2)c1)C(=O)CNC(=O)OC(C)(C)C. The number of carbonyl (C=O) groups excluding carboxylic acids is 2. The van der Waals surface area contributed by atoms with E-state index in [4.69, 9.17) is 9.47 Å². The van der Waals surface area contributed by atoms with Crippen molar-refractivity contribution >= 4 is 17.9 Å². The predicted octanol–water partition coefficient (Wildman–Crippen LogP) is 4.27. The van der Waals surface area contributed by atoms with Gasteiger partial charge in [0, 0.05) is 57.9 Å². The number of aromatic nitrogens is 2. The van der Waals surface area contributed by atoms with Gasteiger partial charge in [0.15, 0.2) is 0 Å². The molecular formula is C29H41N5O4. The normalized spacial score (nSPS) is 17.2. The van der Waals surface area contributed by atoms with E-state index in [1.807, 2.05) is 36.7 Å². The van der Waals surface area contributed by atoms with Crippen LogP contribution in [0.4, 0.5) is 10.7 Å². The first-order chi connectivity index (χ1) is 18.2. The molecule has 0 saturated carbocycles. The zero-order chi connectivity index (χ0) is 27.1. The van der Waals surface area contributed by atoms with Gasteiger partial charge in [-0.15, -0.1) is 0 Å². The molecule has 1 aromatic heterocycles. The lowest BCUT2D eigenvalue weighted by Gasteiger charge is -2.37. The number of rotatable bonds is 7. The summed E-state index contributed by atoms with van der Waals surface area (Å²) in [5, 5.41) is 2.52. The van der Waals surface area contributed by atoms with E-state index < -0.39 is 11.7 Å². The summed E-state index contributed by atoms with van der Waals surface area (Å²) in [6, 6.07) is 8.01. The van der Waals surface area contributed by atoms with E-state index in [1.165, 1.54) is 25.7 Å². The number of nitrogens with one attached hydrogen (secondary N) is 1. The number of ether oxygens (including phenoxy) is 2. The largest absolute Gasteiger partial charge is 0.444 e. The van der Waals surface area contributed by atoms with Crippen LogP contribution in [0.15, 0.2) is 36.7 Å². The van der Waals surface area contributed by atoms with E-state index in [2.05, 4.69) is 20.2 Å². The van der Waals surface area contributed by atoms with Crippen molar-refractivity contribution in [2.45, 2.75) is 58.6 Å². The first-order valence-corrected chi connectivity index (χ1v) is 13.6. The second kappa shape index (κ2) is 12.6. The van der Waals surface area contributed by atoms with Crippen LogP contribution in [0.3, 0.4) is 0 Å². The van der Waals surface area contributed by atoms with Crippen LogP contribution in [0.5, 0.6) is 0 Å². The Hall–Kier alpha value is -3.20. The lowest BCUT2D eigenvalue weighted by atomic mass is 9.80. The predicted molar refractivity (Wildman–Crippen MR) is 147 cm³/mol. The van der Waals surface area contributed by atoms with E-state index in [0.29, 0.717) is 6.54 Å². The van der Waals surface area contributed by atoms with Crippen molar-refractivity contribution in [3.05, 3.63) is 42.2 Å². The van der Waals surface area contributed by atoms with Crippen molar-refractivity contribution in [3.63, 3.8) is 0 Å². The highest BCUT2D eigenvalue weighted by molar-refractivity contribution is 5.82. The number of amides is 2. The molecule has 9 heteroatoms. The highest BCUT2D eigenvalue weighted by atomic mass is 16.6. The molecule has 1 aromatic carbocycles. The van der Waals surface area contributed by atoms with Crippen molar-refractivity contribution in [3.8, 4) is 11.1 Å². The summed E-state index contributed by atoms with van der Waals surface area (Å²) in [6.45, 7) is 9.47. The summed E-state index contributed by atoms with van der Waals surface area (Å²) < 4.78 is 10.7. The fourth-order valence-electron chi connectivity index (χ4n) is 5.20. The number of carbonyl (C=O) groups is 2. The van der Waals surface area contributed by atoms with E-state index in [0.717, 1.165) is 60.8 Å². The second-order valence-electron chi connectivity index (χ2n) is 11.4. The number of nitrogens with zero attached hydrogens (tertiary/aromatic N) is 4. The van der Waals surface area contributed by atoms with Crippen LogP contribution in [0.1, 0.15) is 52.0 Å². The summed E-state index contributed by atoms with van der Waals surface area (Å²) in [4.78, 5) is 37.6.